The van der Waals surface area contributed by atoms with Crippen molar-refractivity contribution < 1.29 is 9.53 Å². The Morgan fingerprint density at radius 1 is 0.818 bits per heavy atom. The highest BCUT2D eigenvalue weighted by atomic mass is 16.5. The van der Waals surface area contributed by atoms with E-state index in [-0.39, 0.29) is 5.97 Å². The van der Waals surface area contributed by atoms with Crippen LogP contribution in [0.3, 0.4) is 0 Å². The van der Waals surface area contributed by atoms with Crippen molar-refractivity contribution in [1.29, 1.82) is 0 Å². The van der Waals surface area contributed by atoms with Crippen LogP contribution in [0.15, 0.2) is 12.2 Å². The second-order valence-corrected chi connectivity index (χ2v) is 11.9. The summed E-state index contributed by atoms with van der Waals surface area (Å²) in [6.45, 7) is 10.1. The Hall–Kier alpha value is -0.790. The molecule has 3 rings (SSSR count). The van der Waals surface area contributed by atoms with Crippen LogP contribution in [-0.2, 0) is 9.53 Å². The van der Waals surface area contributed by atoms with Crippen molar-refractivity contribution in [3.05, 3.63) is 12.2 Å². The maximum absolute atomic E-state index is 11.0. The van der Waals surface area contributed by atoms with Crippen molar-refractivity contribution in [2.24, 2.45) is 22.7 Å². The van der Waals surface area contributed by atoms with Gasteiger partial charge in [0, 0.05) is 6.42 Å². The number of rotatable bonds is 19. The Bertz CT molecular complexity index is 563. The molecule has 0 aromatic rings. The molecule has 3 saturated carbocycles. The molecule has 3 aliphatic rings. The van der Waals surface area contributed by atoms with Crippen molar-refractivity contribution >= 4 is 5.97 Å². The van der Waals surface area contributed by atoms with Crippen LogP contribution in [0.5, 0.6) is 0 Å². The molecule has 0 saturated heterocycles. The van der Waals surface area contributed by atoms with E-state index in [0.29, 0.717) is 23.9 Å². The van der Waals surface area contributed by atoms with E-state index in [4.69, 9.17) is 4.74 Å². The Balaban J connectivity index is 1.32. The number of allylic oxidation sites excluding steroid dienone is 2. The highest BCUT2D eigenvalue weighted by Crippen LogP contribution is 2.71. The van der Waals surface area contributed by atoms with E-state index in [1.807, 2.05) is 6.92 Å². The van der Waals surface area contributed by atoms with E-state index in [0.717, 1.165) is 18.3 Å². The largest absolute Gasteiger partial charge is 0.466 e. The third-order valence-corrected chi connectivity index (χ3v) is 9.53. The van der Waals surface area contributed by atoms with Crippen molar-refractivity contribution in [3.63, 3.8) is 0 Å². The van der Waals surface area contributed by atoms with Crippen LogP contribution >= 0.6 is 0 Å². The minimum atomic E-state index is -0.0681. The molecule has 0 heterocycles. The van der Waals surface area contributed by atoms with E-state index in [1.54, 1.807) is 0 Å². The van der Waals surface area contributed by atoms with Crippen LogP contribution < -0.4 is 0 Å². The van der Waals surface area contributed by atoms with E-state index in [2.05, 4.69) is 32.9 Å². The summed E-state index contributed by atoms with van der Waals surface area (Å²) >= 11 is 0. The van der Waals surface area contributed by atoms with Gasteiger partial charge in [0.25, 0.3) is 0 Å². The lowest BCUT2D eigenvalue weighted by molar-refractivity contribution is -0.199. The molecular formula is C31H56O2. The van der Waals surface area contributed by atoms with Gasteiger partial charge in [-0.25, -0.2) is 0 Å². The Labute approximate surface area is 206 Å². The molecule has 192 valence electrons. The summed E-state index contributed by atoms with van der Waals surface area (Å²) < 4.78 is 5.11. The van der Waals surface area contributed by atoms with Gasteiger partial charge in [0.1, 0.15) is 0 Å². The van der Waals surface area contributed by atoms with Gasteiger partial charge in [-0.15, -0.1) is 0 Å². The number of ether oxygens (including phenoxy) is 1. The minimum absolute atomic E-state index is 0.0681. The van der Waals surface area contributed by atoms with Crippen LogP contribution in [0.2, 0.25) is 0 Å². The Morgan fingerprint density at radius 3 is 1.91 bits per heavy atom. The molecule has 2 nitrogen and oxygen atoms in total. The summed E-state index contributed by atoms with van der Waals surface area (Å²) in [5.41, 5.74) is 1.30. The lowest BCUT2D eigenvalue weighted by Gasteiger charge is -2.69. The lowest BCUT2D eigenvalue weighted by atomic mass is 9.36. The SMILES string of the molecule is CCC(=O)OCCCCCCCC/C=C\CCCCCCCCC12CC(CCC1C)C2(C)C. The quantitative estimate of drug-likeness (QED) is 0.109. The van der Waals surface area contributed by atoms with Crippen LogP contribution in [-0.4, -0.2) is 12.6 Å². The van der Waals surface area contributed by atoms with E-state index in [9.17, 15) is 4.79 Å². The second-order valence-electron chi connectivity index (χ2n) is 11.9. The molecule has 3 atom stereocenters. The highest BCUT2D eigenvalue weighted by molar-refractivity contribution is 5.68. The third-order valence-electron chi connectivity index (χ3n) is 9.53. The molecule has 3 unspecified atom stereocenters. The number of unbranched alkanes of at least 4 members (excludes halogenated alkanes) is 12. The number of carbonyl (C=O) groups is 1. The molecule has 0 aliphatic heterocycles. The third kappa shape index (κ3) is 8.74. The summed E-state index contributed by atoms with van der Waals surface area (Å²) in [4.78, 5) is 11.0. The van der Waals surface area contributed by atoms with Gasteiger partial charge in [0.15, 0.2) is 0 Å². The fraction of sp³-hybridized carbons (Fsp3) is 0.903. The number of esters is 1. The maximum atomic E-state index is 11.0. The zero-order valence-corrected chi connectivity index (χ0v) is 22.8. The van der Waals surface area contributed by atoms with Crippen molar-refractivity contribution in [1.82, 2.24) is 0 Å². The molecule has 2 heteroatoms. The van der Waals surface area contributed by atoms with Gasteiger partial charge in [-0.3, -0.25) is 4.79 Å². The average Bonchev–Trinajstić information content (AvgIpc) is 2.80. The van der Waals surface area contributed by atoms with E-state index < -0.39 is 0 Å². The summed E-state index contributed by atoms with van der Waals surface area (Å²) in [6, 6.07) is 0. The van der Waals surface area contributed by atoms with Gasteiger partial charge in [0.2, 0.25) is 0 Å². The molecule has 0 amide bonds. The van der Waals surface area contributed by atoms with Crippen LogP contribution in [0.1, 0.15) is 150 Å². The zero-order valence-electron chi connectivity index (χ0n) is 22.8. The monoisotopic (exact) mass is 460 g/mol. The zero-order chi connectivity index (χ0) is 24.0. The normalized spacial score (nSPS) is 25.8. The molecule has 0 aromatic heterocycles. The van der Waals surface area contributed by atoms with Crippen molar-refractivity contribution in [3.8, 4) is 0 Å². The minimum Gasteiger partial charge on any atom is -0.466 e. The molecule has 2 bridgehead atoms. The molecule has 0 spiro atoms. The van der Waals surface area contributed by atoms with Crippen LogP contribution in [0.4, 0.5) is 0 Å². The number of hydrogen-bond acceptors (Lipinski definition) is 2. The first-order chi connectivity index (χ1) is 15.9. The highest BCUT2D eigenvalue weighted by Gasteiger charge is 2.63. The maximum Gasteiger partial charge on any atom is 0.305 e. The van der Waals surface area contributed by atoms with Gasteiger partial charge in [-0.1, -0.05) is 97.6 Å². The Kier molecular flexibility index (Phi) is 13.2. The predicted molar refractivity (Wildman–Crippen MR) is 142 cm³/mol. The fourth-order valence-corrected chi connectivity index (χ4v) is 6.94. The van der Waals surface area contributed by atoms with Crippen LogP contribution in [0, 0.1) is 22.7 Å². The molecule has 0 N–H and O–H groups in total. The molecule has 3 aliphatic carbocycles. The van der Waals surface area contributed by atoms with Gasteiger partial charge in [0.05, 0.1) is 6.61 Å². The van der Waals surface area contributed by atoms with E-state index in [1.165, 1.54) is 109 Å². The number of fused-ring (bicyclic) bond motifs is 2. The molecule has 3 fully saturated rings. The van der Waals surface area contributed by atoms with Gasteiger partial charge < -0.3 is 4.74 Å². The molecule has 33 heavy (non-hydrogen) atoms. The van der Waals surface area contributed by atoms with Gasteiger partial charge in [-0.05, 0) is 80.5 Å². The summed E-state index contributed by atoms with van der Waals surface area (Å²) in [7, 11) is 0. The topological polar surface area (TPSA) is 26.3 Å². The lowest BCUT2D eigenvalue weighted by Crippen LogP contribution is -2.61. The fourth-order valence-electron chi connectivity index (χ4n) is 6.94. The van der Waals surface area contributed by atoms with Gasteiger partial charge in [-0.2, -0.15) is 0 Å². The summed E-state index contributed by atoms with van der Waals surface area (Å²) in [5.74, 6) is 1.91. The van der Waals surface area contributed by atoms with Crippen molar-refractivity contribution in [2.75, 3.05) is 6.61 Å². The first-order valence-electron chi connectivity index (χ1n) is 14.7. The molecule has 0 radical (unpaired) electrons. The molecule has 0 aromatic carbocycles. The average molecular weight is 461 g/mol. The van der Waals surface area contributed by atoms with Crippen LogP contribution in [0.25, 0.3) is 0 Å². The number of hydrogen-bond donors (Lipinski definition) is 0. The Morgan fingerprint density at radius 2 is 1.36 bits per heavy atom. The standard InChI is InChI=1S/C31H56O2/c1-5-29(32)33-25-21-19-17-15-13-11-9-7-6-8-10-12-14-16-18-20-24-31-26-28(30(31,3)4)23-22-27(31)2/h6-7,27-28H,5,8-26H2,1-4H3/b7-6-. The predicted octanol–water partition coefficient (Wildman–Crippen LogP) is 9.81. The van der Waals surface area contributed by atoms with Crippen molar-refractivity contribution in [2.45, 2.75) is 150 Å². The first-order valence-corrected chi connectivity index (χ1v) is 14.7. The number of carbonyl (C=O) groups excluding carboxylic acids is 1. The smallest absolute Gasteiger partial charge is 0.305 e. The first kappa shape index (κ1) is 28.4. The molecular weight excluding hydrogens is 404 g/mol. The van der Waals surface area contributed by atoms with Gasteiger partial charge >= 0.3 is 5.97 Å². The second kappa shape index (κ2) is 15.3. The summed E-state index contributed by atoms with van der Waals surface area (Å²) in [5, 5.41) is 0. The van der Waals surface area contributed by atoms with E-state index >= 15 is 0 Å². The summed E-state index contributed by atoms with van der Waals surface area (Å²) in [6.07, 6.45) is 29.8.